The van der Waals surface area contributed by atoms with Gasteiger partial charge in [-0.05, 0) is 32.4 Å². The number of aliphatic imine (C=N–C) groups is 1. The van der Waals surface area contributed by atoms with Crippen LogP contribution < -0.4 is 10.1 Å². The number of nitrogens with zero attached hydrogens (tertiary/aromatic N) is 3. The van der Waals surface area contributed by atoms with Crippen molar-refractivity contribution in [3.05, 3.63) is 29.8 Å². The minimum Gasteiger partial charge on any atom is -0.496 e. The summed E-state index contributed by atoms with van der Waals surface area (Å²) in [5.41, 5.74) is 1.16. The van der Waals surface area contributed by atoms with Gasteiger partial charge in [-0.1, -0.05) is 18.2 Å². The van der Waals surface area contributed by atoms with Gasteiger partial charge in [0.1, 0.15) is 5.75 Å². The number of hydrogen-bond donors (Lipinski definition) is 1. The van der Waals surface area contributed by atoms with Crippen LogP contribution in [0.25, 0.3) is 0 Å². The number of methoxy groups -OCH3 is 2. The summed E-state index contributed by atoms with van der Waals surface area (Å²) in [5.74, 6) is 1.86. The normalized spacial score (nSPS) is 18.2. The zero-order valence-corrected chi connectivity index (χ0v) is 16.7. The molecule has 1 unspecified atom stereocenters. The number of rotatable bonds is 9. The van der Waals surface area contributed by atoms with Crippen molar-refractivity contribution in [2.75, 3.05) is 54.1 Å². The first-order valence-electron chi connectivity index (χ1n) is 9.53. The van der Waals surface area contributed by atoms with E-state index in [9.17, 15) is 0 Å². The van der Waals surface area contributed by atoms with Crippen LogP contribution in [0, 0.1) is 0 Å². The van der Waals surface area contributed by atoms with E-state index in [4.69, 9.17) is 14.5 Å². The number of benzene rings is 1. The molecule has 0 aromatic heterocycles. The summed E-state index contributed by atoms with van der Waals surface area (Å²) in [7, 11) is 5.55. The number of hydrogen-bond acceptors (Lipinski definition) is 4. The minimum absolute atomic E-state index is 0.512. The molecule has 0 aliphatic carbocycles. The summed E-state index contributed by atoms with van der Waals surface area (Å²) in [6.07, 6.45) is 2.46. The Morgan fingerprint density at radius 2 is 2.15 bits per heavy atom. The van der Waals surface area contributed by atoms with E-state index >= 15 is 0 Å². The highest BCUT2D eigenvalue weighted by molar-refractivity contribution is 5.79. The fraction of sp³-hybridized carbons (Fsp3) is 0.650. The van der Waals surface area contributed by atoms with Crippen molar-refractivity contribution in [2.45, 2.75) is 32.4 Å². The summed E-state index contributed by atoms with van der Waals surface area (Å²) in [6.45, 7) is 7.46. The lowest BCUT2D eigenvalue weighted by Crippen LogP contribution is -2.40. The highest BCUT2D eigenvalue weighted by atomic mass is 16.5. The van der Waals surface area contributed by atoms with Gasteiger partial charge >= 0.3 is 0 Å². The molecule has 2 rings (SSSR count). The molecule has 0 radical (unpaired) electrons. The molecule has 6 nitrogen and oxygen atoms in total. The standard InChI is InChI=1S/C20H34N4O2/c1-5-21-20(22-15-18-10-8-12-24(18)13-14-25-3)23(2)16-17-9-6-7-11-19(17)26-4/h6-7,9,11,18H,5,8,10,12-16H2,1-4H3,(H,21,22). The van der Waals surface area contributed by atoms with E-state index in [-0.39, 0.29) is 0 Å². The summed E-state index contributed by atoms with van der Waals surface area (Å²) >= 11 is 0. The number of para-hydroxylation sites is 1. The summed E-state index contributed by atoms with van der Waals surface area (Å²) in [6, 6.07) is 8.65. The van der Waals surface area contributed by atoms with E-state index in [2.05, 4.69) is 35.2 Å². The Hall–Kier alpha value is -1.79. The maximum Gasteiger partial charge on any atom is 0.194 e. The summed E-state index contributed by atoms with van der Waals surface area (Å²) in [5, 5.41) is 3.41. The van der Waals surface area contributed by atoms with E-state index in [0.717, 1.165) is 56.6 Å². The Bertz CT molecular complexity index is 564. The van der Waals surface area contributed by atoms with Crippen LogP contribution in [0.2, 0.25) is 0 Å². The second-order valence-corrected chi connectivity index (χ2v) is 6.69. The largest absolute Gasteiger partial charge is 0.496 e. The molecule has 0 bridgehead atoms. The van der Waals surface area contributed by atoms with Crippen LogP contribution in [0.5, 0.6) is 5.75 Å². The average molecular weight is 363 g/mol. The predicted molar refractivity (Wildman–Crippen MR) is 107 cm³/mol. The summed E-state index contributed by atoms with van der Waals surface area (Å²) < 4.78 is 10.7. The van der Waals surface area contributed by atoms with Gasteiger partial charge in [-0.15, -0.1) is 0 Å². The Morgan fingerprint density at radius 1 is 1.35 bits per heavy atom. The van der Waals surface area contributed by atoms with Crippen LogP contribution in [0.1, 0.15) is 25.3 Å². The Kier molecular flexibility index (Phi) is 8.71. The maximum atomic E-state index is 5.47. The molecular weight excluding hydrogens is 328 g/mol. The molecule has 1 aromatic rings. The molecule has 1 saturated heterocycles. The van der Waals surface area contributed by atoms with Gasteiger partial charge in [-0.25, -0.2) is 0 Å². The molecule has 0 spiro atoms. The van der Waals surface area contributed by atoms with Gasteiger partial charge in [0.05, 0.1) is 20.3 Å². The van der Waals surface area contributed by atoms with Crippen LogP contribution in [-0.2, 0) is 11.3 Å². The fourth-order valence-corrected chi connectivity index (χ4v) is 3.43. The fourth-order valence-electron chi connectivity index (χ4n) is 3.43. The lowest BCUT2D eigenvalue weighted by atomic mass is 10.2. The van der Waals surface area contributed by atoms with Gasteiger partial charge in [0.25, 0.3) is 0 Å². The second kappa shape index (κ2) is 11.0. The zero-order chi connectivity index (χ0) is 18.8. The smallest absolute Gasteiger partial charge is 0.194 e. The van der Waals surface area contributed by atoms with E-state index in [1.165, 1.54) is 12.8 Å². The molecule has 1 fully saturated rings. The first-order chi connectivity index (χ1) is 12.7. The van der Waals surface area contributed by atoms with Gasteiger partial charge < -0.3 is 19.7 Å². The Morgan fingerprint density at radius 3 is 2.88 bits per heavy atom. The predicted octanol–water partition coefficient (Wildman–Crippen LogP) is 2.20. The highest BCUT2D eigenvalue weighted by Gasteiger charge is 2.24. The third kappa shape index (κ3) is 5.88. The van der Waals surface area contributed by atoms with Crippen LogP contribution in [0.4, 0.5) is 0 Å². The van der Waals surface area contributed by atoms with Crippen molar-refractivity contribution >= 4 is 5.96 Å². The minimum atomic E-state index is 0.512. The van der Waals surface area contributed by atoms with Gasteiger partial charge in [0, 0.05) is 45.4 Å². The van der Waals surface area contributed by atoms with Gasteiger partial charge in [0.2, 0.25) is 0 Å². The molecule has 1 heterocycles. The van der Waals surface area contributed by atoms with Crippen LogP contribution >= 0.6 is 0 Å². The van der Waals surface area contributed by atoms with Gasteiger partial charge in [-0.2, -0.15) is 0 Å². The number of likely N-dealkylation sites (tertiary alicyclic amines) is 1. The van der Waals surface area contributed by atoms with E-state index < -0.39 is 0 Å². The SMILES string of the molecule is CCNC(=NCC1CCCN1CCOC)N(C)Cc1ccccc1OC. The summed E-state index contributed by atoms with van der Waals surface area (Å²) in [4.78, 5) is 9.57. The Balaban J connectivity index is 2.00. The van der Waals surface area contributed by atoms with Crippen molar-refractivity contribution in [1.82, 2.24) is 15.1 Å². The van der Waals surface area contributed by atoms with Crippen molar-refractivity contribution in [3.63, 3.8) is 0 Å². The quantitative estimate of drug-likeness (QED) is 0.539. The Labute approximate surface area is 158 Å². The average Bonchev–Trinajstić information content (AvgIpc) is 3.11. The molecule has 146 valence electrons. The number of ether oxygens (including phenoxy) is 2. The van der Waals surface area contributed by atoms with Gasteiger partial charge in [0.15, 0.2) is 5.96 Å². The van der Waals surface area contributed by atoms with Crippen molar-refractivity contribution < 1.29 is 9.47 Å². The molecule has 26 heavy (non-hydrogen) atoms. The third-order valence-electron chi connectivity index (χ3n) is 4.83. The molecule has 1 aromatic carbocycles. The molecule has 1 aliphatic rings. The first-order valence-corrected chi connectivity index (χ1v) is 9.53. The first kappa shape index (κ1) is 20.5. The molecular formula is C20H34N4O2. The van der Waals surface area contributed by atoms with E-state index in [0.29, 0.717) is 6.04 Å². The number of nitrogens with one attached hydrogen (secondary N) is 1. The van der Waals surface area contributed by atoms with Crippen molar-refractivity contribution in [1.29, 1.82) is 0 Å². The highest BCUT2D eigenvalue weighted by Crippen LogP contribution is 2.19. The molecule has 0 amide bonds. The zero-order valence-electron chi connectivity index (χ0n) is 16.7. The van der Waals surface area contributed by atoms with Crippen LogP contribution in [0.15, 0.2) is 29.3 Å². The lowest BCUT2D eigenvalue weighted by molar-refractivity contribution is 0.142. The van der Waals surface area contributed by atoms with Crippen LogP contribution in [-0.4, -0.2) is 75.9 Å². The number of guanidine groups is 1. The van der Waals surface area contributed by atoms with Gasteiger partial charge in [-0.3, -0.25) is 9.89 Å². The van der Waals surface area contributed by atoms with Crippen LogP contribution in [0.3, 0.4) is 0 Å². The molecule has 6 heteroatoms. The van der Waals surface area contributed by atoms with Crippen molar-refractivity contribution in [2.24, 2.45) is 4.99 Å². The lowest BCUT2D eigenvalue weighted by Gasteiger charge is -2.26. The van der Waals surface area contributed by atoms with E-state index in [1.807, 2.05) is 18.2 Å². The topological polar surface area (TPSA) is 49.3 Å². The third-order valence-corrected chi connectivity index (χ3v) is 4.83. The second-order valence-electron chi connectivity index (χ2n) is 6.69. The molecule has 1 aliphatic heterocycles. The van der Waals surface area contributed by atoms with E-state index in [1.54, 1.807) is 14.2 Å². The molecule has 1 N–H and O–H groups in total. The monoisotopic (exact) mass is 362 g/mol. The van der Waals surface area contributed by atoms with Crippen molar-refractivity contribution in [3.8, 4) is 5.75 Å². The maximum absolute atomic E-state index is 5.47. The molecule has 1 atom stereocenters. The molecule has 0 saturated carbocycles.